The zero-order valence-corrected chi connectivity index (χ0v) is 14.7. The van der Waals surface area contributed by atoms with Crippen molar-refractivity contribution in [1.29, 1.82) is 0 Å². The molecule has 1 aromatic carbocycles. The largest absolute Gasteiger partial charge is 0.371 e. The third-order valence-corrected chi connectivity index (χ3v) is 3.92. The first-order valence-corrected chi connectivity index (χ1v) is 8.84. The lowest BCUT2D eigenvalue weighted by molar-refractivity contribution is 0.656. The van der Waals surface area contributed by atoms with E-state index < -0.39 is 0 Å². The van der Waals surface area contributed by atoms with Gasteiger partial charge in [0.15, 0.2) is 0 Å². The zero-order chi connectivity index (χ0) is 15.5. The third kappa shape index (κ3) is 6.71. The summed E-state index contributed by atoms with van der Waals surface area (Å²) in [7, 11) is 0. The van der Waals surface area contributed by atoms with Gasteiger partial charge in [-0.1, -0.05) is 45.2 Å². The maximum Gasteiger partial charge on any atom is 0.0412 e. The molecule has 0 heterocycles. The minimum Gasteiger partial charge on any atom is -0.371 e. The average molecular weight is 311 g/mol. The van der Waals surface area contributed by atoms with Gasteiger partial charge in [-0.25, -0.2) is 0 Å². The van der Waals surface area contributed by atoms with E-state index in [1.807, 2.05) is 6.07 Å². The van der Waals surface area contributed by atoms with E-state index in [9.17, 15) is 0 Å². The first-order chi connectivity index (χ1) is 10.2. The molecule has 0 amide bonds. The molecule has 0 spiro atoms. The zero-order valence-electron chi connectivity index (χ0n) is 13.9. The molecule has 3 heteroatoms. The summed E-state index contributed by atoms with van der Waals surface area (Å²) >= 11 is 6.20. The van der Waals surface area contributed by atoms with Crippen molar-refractivity contribution in [3.05, 3.63) is 28.8 Å². The molecule has 0 atom stereocenters. The Balaban J connectivity index is 2.87. The highest BCUT2D eigenvalue weighted by Crippen LogP contribution is 2.25. The standard InChI is InChI=1S/C18H31ClN2/c1-4-7-12-21(13-8-5-2)18-10-9-17(19)14-16(18)15-20-11-6-3/h9-10,14,20H,4-8,11-13,15H2,1-3H3. The number of nitrogens with zero attached hydrogens (tertiary/aromatic N) is 1. The Morgan fingerprint density at radius 3 is 2.24 bits per heavy atom. The van der Waals surface area contributed by atoms with Crippen LogP contribution in [0.5, 0.6) is 0 Å². The van der Waals surface area contributed by atoms with E-state index in [-0.39, 0.29) is 0 Å². The number of anilines is 1. The molecule has 0 aliphatic heterocycles. The van der Waals surface area contributed by atoms with Gasteiger partial charge in [-0.2, -0.15) is 0 Å². The molecule has 0 aliphatic carbocycles. The predicted octanol–water partition coefficient (Wildman–Crippen LogP) is 5.25. The molecule has 0 unspecified atom stereocenters. The van der Waals surface area contributed by atoms with E-state index in [4.69, 9.17) is 11.6 Å². The van der Waals surface area contributed by atoms with E-state index in [0.717, 1.165) is 37.6 Å². The smallest absolute Gasteiger partial charge is 0.0412 e. The molecule has 21 heavy (non-hydrogen) atoms. The van der Waals surface area contributed by atoms with Crippen molar-refractivity contribution in [2.24, 2.45) is 0 Å². The number of hydrogen-bond donors (Lipinski definition) is 1. The number of benzene rings is 1. The molecule has 0 radical (unpaired) electrons. The Kier molecular flexibility index (Phi) is 9.53. The first-order valence-electron chi connectivity index (χ1n) is 8.47. The Morgan fingerprint density at radius 2 is 1.67 bits per heavy atom. The predicted molar refractivity (Wildman–Crippen MR) is 95.5 cm³/mol. The van der Waals surface area contributed by atoms with Crippen molar-refractivity contribution in [3.63, 3.8) is 0 Å². The minimum absolute atomic E-state index is 0.831. The second-order valence-electron chi connectivity index (χ2n) is 5.64. The molecule has 2 nitrogen and oxygen atoms in total. The van der Waals surface area contributed by atoms with Crippen LogP contribution in [0.2, 0.25) is 5.02 Å². The van der Waals surface area contributed by atoms with Crippen LogP contribution in [0, 0.1) is 0 Å². The van der Waals surface area contributed by atoms with Crippen molar-refractivity contribution in [2.75, 3.05) is 24.5 Å². The number of nitrogens with one attached hydrogen (secondary N) is 1. The number of unbranched alkanes of at least 4 members (excludes halogenated alkanes) is 2. The summed E-state index contributed by atoms with van der Waals surface area (Å²) in [5, 5.41) is 4.33. The topological polar surface area (TPSA) is 15.3 Å². The van der Waals surface area contributed by atoms with Crippen LogP contribution in [0.3, 0.4) is 0 Å². The van der Waals surface area contributed by atoms with Crippen molar-refractivity contribution in [1.82, 2.24) is 5.32 Å². The van der Waals surface area contributed by atoms with E-state index in [2.05, 4.69) is 43.1 Å². The number of rotatable bonds is 11. The quantitative estimate of drug-likeness (QED) is 0.562. The molecular formula is C18H31ClN2. The molecule has 0 bridgehead atoms. The molecule has 1 rings (SSSR count). The van der Waals surface area contributed by atoms with E-state index in [1.165, 1.54) is 36.9 Å². The van der Waals surface area contributed by atoms with Gasteiger partial charge in [0.1, 0.15) is 0 Å². The molecule has 0 saturated carbocycles. The fraction of sp³-hybridized carbons (Fsp3) is 0.667. The van der Waals surface area contributed by atoms with Crippen molar-refractivity contribution in [2.45, 2.75) is 59.4 Å². The van der Waals surface area contributed by atoms with Gasteiger partial charge in [0.05, 0.1) is 0 Å². The summed E-state index contributed by atoms with van der Waals surface area (Å²) in [4.78, 5) is 2.53. The average Bonchev–Trinajstić information content (AvgIpc) is 2.49. The Labute approximate surface area is 135 Å². The monoisotopic (exact) mass is 310 g/mol. The summed E-state index contributed by atoms with van der Waals surface area (Å²) < 4.78 is 0. The summed E-state index contributed by atoms with van der Waals surface area (Å²) in [6.45, 7) is 10.9. The van der Waals surface area contributed by atoms with Gasteiger partial charge in [-0.05, 0) is 49.6 Å². The Hall–Kier alpha value is -0.730. The molecule has 120 valence electrons. The fourth-order valence-electron chi connectivity index (χ4n) is 2.45. The second kappa shape index (κ2) is 10.9. The minimum atomic E-state index is 0.831. The number of hydrogen-bond acceptors (Lipinski definition) is 2. The molecule has 1 N–H and O–H groups in total. The summed E-state index contributed by atoms with van der Waals surface area (Å²) in [5.41, 5.74) is 2.67. The third-order valence-electron chi connectivity index (χ3n) is 3.69. The van der Waals surface area contributed by atoms with Crippen LogP contribution in [0.25, 0.3) is 0 Å². The number of halogens is 1. The molecular weight excluding hydrogens is 280 g/mol. The van der Waals surface area contributed by atoms with Crippen molar-refractivity contribution < 1.29 is 0 Å². The van der Waals surface area contributed by atoms with Crippen LogP contribution < -0.4 is 10.2 Å². The second-order valence-corrected chi connectivity index (χ2v) is 6.08. The highest BCUT2D eigenvalue weighted by molar-refractivity contribution is 6.30. The molecule has 0 aromatic heterocycles. The summed E-state index contributed by atoms with van der Waals surface area (Å²) in [6.07, 6.45) is 6.12. The van der Waals surface area contributed by atoms with Gasteiger partial charge >= 0.3 is 0 Å². The Bertz CT molecular complexity index is 385. The molecule has 0 fully saturated rings. The Morgan fingerprint density at radius 1 is 1.00 bits per heavy atom. The van der Waals surface area contributed by atoms with Crippen LogP contribution in [0.1, 0.15) is 58.4 Å². The highest BCUT2D eigenvalue weighted by atomic mass is 35.5. The van der Waals surface area contributed by atoms with Crippen molar-refractivity contribution >= 4 is 17.3 Å². The van der Waals surface area contributed by atoms with Gasteiger partial charge in [-0.3, -0.25) is 0 Å². The molecule has 0 aliphatic rings. The first kappa shape index (κ1) is 18.3. The van der Waals surface area contributed by atoms with Crippen LogP contribution in [-0.4, -0.2) is 19.6 Å². The van der Waals surface area contributed by atoms with Crippen LogP contribution in [0.15, 0.2) is 18.2 Å². The van der Waals surface area contributed by atoms with Gasteiger partial charge < -0.3 is 10.2 Å². The highest BCUT2D eigenvalue weighted by Gasteiger charge is 2.11. The lowest BCUT2D eigenvalue weighted by Crippen LogP contribution is -2.27. The maximum absolute atomic E-state index is 6.20. The fourth-order valence-corrected chi connectivity index (χ4v) is 2.65. The normalized spacial score (nSPS) is 10.9. The maximum atomic E-state index is 6.20. The van der Waals surface area contributed by atoms with Crippen LogP contribution >= 0.6 is 11.6 Å². The molecule has 0 saturated heterocycles. The summed E-state index contributed by atoms with van der Waals surface area (Å²) in [6, 6.07) is 6.33. The van der Waals surface area contributed by atoms with E-state index in [0.29, 0.717) is 0 Å². The summed E-state index contributed by atoms with van der Waals surface area (Å²) in [5.74, 6) is 0. The van der Waals surface area contributed by atoms with Gasteiger partial charge in [0.25, 0.3) is 0 Å². The molecule has 1 aromatic rings. The van der Waals surface area contributed by atoms with Crippen LogP contribution in [0.4, 0.5) is 5.69 Å². The lowest BCUT2D eigenvalue weighted by atomic mass is 10.1. The van der Waals surface area contributed by atoms with Gasteiger partial charge in [0, 0.05) is 30.3 Å². The van der Waals surface area contributed by atoms with E-state index in [1.54, 1.807) is 0 Å². The van der Waals surface area contributed by atoms with Gasteiger partial charge in [0.2, 0.25) is 0 Å². The van der Waals surface area contributed by atoms with Crippen LogP contribution in [-0.2, 0) is 6.54 Å². The lowest BCUT2D eigenvalue weighted by Gasteiger charge is -2.27. The SMILES string of the molecule is CCCCN(CCCC)c1ccc(Cl)cc1CNCCC. The van der Waals surface area contributed by atoms with E-state index >= 15 is 0 Å². The van der Waals surface area contributed by atoms with Crippen molar-refractivity contribution in [3.8, 4) is 0 Å². The van der Waals surface area contributed by atoms with Gasteiger partial charge in [-0.15, -0.1) is 0 Å².